The molecule has 200 valence electrons. The monoisotopic (exact) mass is 552 g/mol. The highest BCUT2D eigenvalue weighted by molar-refractivity contribution is 7.84. The lowest BCUT2D eigenvalue weighted by Crippen LogP contribution is -2.26. The van der Waals surface area contributed by atoms with Gasteiger partial charge in [-0.15, -0.1) is 10.2 Å². The number of benzene rings is 3. The molecule has 1 atom stereocenters. The molecule has 1 N–H and O–H groups in total. The summed E-state index contributed by atoms with van der Waals surface area (Å²) in [7, 11) is -1.31. The van der Waals surface area contributed by atoms with Gasteiger partial charge in [-0.05, 0) is 46.5 Å². The van der Waals surface area contributed by atoms with Crippen molar-refractivity contribution in [2.45, 2.75) is 36.9 Å². The number of alkyl halides is 3. The summed E-state index contributed by atoms with van der Waals surface area (Å²) in [5.74, 6) is 0.730. The van der Waals surface area contributed by atoms with Crippen LogP contribution in [0.2, 0.25) is 0 Å². The topological polar surface area (TPSA) is 106 Å². The van der Waals surface area contributed by atoms with Crippen LogP contribution in [0.1, 0.15) is 24.2 Å². The fourth-order valence-electron chi connectivity index (χ4n) is 4.40. The number of aryl methyl sites for hydroxylation is 1. The highest BCUT2D eigenvalue weighted by Gasteiger charge is 2.26. The van der Waals surface area contributed by atoms with Gasteiger partial charge in [-0.25, -0.2) is 4.98 Å². The van der Waals surface area contributed by atoms with Crippen LogP contribution in [0.25, 0.3) is 33.4 Å². The number of halogens is 3. The Hall–Kier alpha value is -4.19. The Labute approximate surface area is 223 Å². The van der Waals surface area contributed by atoms with Crippen LogP contribution in [0.4, 0.5) is 13.2 Å². The molecule has 2 heterocycles. The largest absolute Gasteiger partial charge is 0.389 e. The van der Waals surface area contributed by atoms with Crippen molar-refractivity contribution in [3.63, 3.8) is 0 Å². The number of H-pyrrole nitrogens is 1. The third-order valence-electron chi connectivity index (χ3n) is 6.32. The molecule has 0 aliphatic carbocycles. The van der Waals surface area contributed by atoms with Gasteiger partial charge in [0.05, 0.1) is 17.4 Å². The van der Waals surface area contributed by atoms with Gasteiger partial charge in [0.15, 0.2) is 0 Å². The van der Waals surface area contributed by atoms with Crippen LogP contribution in [-0.4, -0.2) is 46.8 Å². The highest BCUT2D eigenvalue weighted by atomic mass is 32.2. The number of tetrazole rings is 1. The zero-order valence-corrected chi connectivity index (χ0v) is 21.6. The lowest BCUT2D eigenvalue weighted by atomic mass is 9.98. The average Bonchev–Trinajstić information content (AvgIpc) is 3.45. The summed E-state index contributed by atoms with van der Waals surface area (Å²) >= 11 is 0. The van der Waals surface area contributed by atoms with Crippen molar-refractivity contribution >= 4 is 21.7 Å². The van der Waals surface area contributed by atoms with E-state index in [9.17, 15) is 22.2 Å². The van der Waals surface area contributed by atoms with Crippen molar-refractivity contribution in [3.8, 4) is 22.5 Å². The van der Waals surface area contributed by atoms with Crippen LogP contribution in [0.15, 0.2) is 76.4 Å². The summed E-state index contributed by atoms with van der Waals surface area (Å²) in [6.45, 7) is 0.120. The van der Waals surface area contributed by atoms with Gasteiger partial charge in [0, 0.05) is 40.4 Å². The fourth-order valence-corrected chi connectivity index (χ4v) is 4.95. The van der Waals surface area contributed by atoms with Gasteiger partial charge < -0.3 is 0 Å². The van der Waals surface area contributed by atoms with E-state index in [0.29, 0.717) is 16.2 Å². The summed E-state index contributed by atoms with van der Waals surface area (Å²) in [5.41, 5.74) is 3.32. The minimum absolute atomic E-state index is 0.0116. The van der Waals surface area contributed by atoms with Crippen LogP contribution >= 0.6 is 0 Å². The normalized spacial score (nSPS) is 12.6. The molecule has 3 aromatic carbocycles. The Balaban J connectivity index is 1.50. The zero-order valence-electron chi connectivity index (χ0n) is 20.8. The molecule has 0 bridgehead atoms. The number of nitrogens with zero attached hydrogens (tertiary/aromatic N) is 5. The molecule has 0 saturated heterocycles. The average molecular weight is 553 g/mol. The maximum atomic E-state index is 13.5. The van der Waals surface area contributed by atoms with Gasteiger partial charge in [0.1, 0.15) is 5.82 Å². The Morgan fingerprint density at radius 2 is 1.74 bits per heavy atom. The number of aromatic amines is 1. The van der Waals surface area contributed by atoms with Crippen LogP contribution < -0.4 is 5.56 Å². The molecule has 0 aliphatic rings. The maximum Gasteiger partial charge on any atom is 0.389 e. The van der Waals surface area contributed by atoms with E-state index in [4.69, 9.17) is 0 Å². The molecule has 1 unspecified atom stereocenters. The van der Waals surface area contributed by atoms with Crippen molar-refractivity contribution in [1.29, 1.82) is 0 Å². The van der Waals surface area contributed by atoms with Crippen molar-refractivity contribution < 1.29 is 17.4 Å². The van der Waals surface area contributed by atoms with Gasteiger partial charge >= 0.3 is 6.18 Å². The molecule has 0 fully saturated rings. The fraction of sp³-hybridized carbons (Fsp3) is 0.222. The molecular weight excluding hydrogens is 529 g/mol. The van der Waals surface area contributed by atoms with Crippen molar-refractivity contribution in [1.82, 2.24) is 30.2 Å². The molecule has 0 amide bonds. The molecule has 5 aromatic rings. The number of aromatic nitrogens is 6. The summed E-state index contributed by atoms with van der Waals surface area (Å²) < 4.78 is 51.9. The highest BCUT2D eigenvalue weighted by Crippen LogP contribution is 2.30. The number of hydrogen-bond acceptors (Lipinski definition) is 6. The summed E-state index contributed by atoms with van der Waals surface area (Å²) in [4.78, 5) is 18.5. The van der Waals surface area contributed by atoms with Crippen LogP contribution in [0.5, 0.6) is 0 Å². The zero-order chi connectivity index (χ0) is 27.6. The first-order chi connectivity index (χ1) is 18.7. The minimum Gasteiger partial charge on any atom is -0.292 e. The number of fused-ring (bicyclic) bond motifs is 1. The number of hydrogen-bond donors (Lipinski definition) is 1. The van der Waals surface area contributed by atoms with Gasteiger partial charge in [-0.2, -0.15) is 18.4 Å². The second-order valence-corrected chi connectivity index (χ2v) is 10.4. The van der Waals surface area contributed by atoms with Crippen LogP contribution in [0, 0.1) is 0 Å². The first kappa shape index (κ1) is 26.4. The van der Waals surface area contributed by atoms with Crippen molar-refractivity contribution in [2.75, 3.05) is 6.26 Å². The van der Waals surface area contributed by atoms with Gasteiger partial charge in [0.25, 0.3) is 5.56 Å². The van der Waals surface area contributed by atoms with E-state index < -0.39 is 23.4 Å². The van der Waals surface area contributed by atoms with Gasteiger partial charge in [0.2, 0.25) is 5.82 Å². The lowest BCUT2D eigenvalue weighted by Gasteiger charge is -2.15. The molecule has 39 heavy (non-hydrogen) atoms. The third-order valence-corrected chi connectivity index (χ3v) is 7.23. The second-order valence-electron chi connectivity index (χ2n) is 9.00. The predicted octanol–water partition coefficient (Wildman–Crippen LogP) is 4.91. The van der Waals surface area contributed by atoms with Gasteiger partial charge in [-0.3, -0.25) is 13.6 Å². The summed E-state index contributed by atoms with van der Waals surface area (Å²) in [5, 5.41) is 14.5. The van der Waals surface area contributed by atoms with E-state index in [0.717, 1.165) is 22.3 Å². The van der Waals surface area contributed by atoms with E-state index >= 15 is 0 Å². The standard InChI is InChI=1S/C27H23F3N6O2S/c1-39(38)19-12-13-23-22(15-19)26(37)36(24(31-23)7-4-14-27(28,29)30)16-17-8-10-18(11-9-17)20-5-2-3-6-21(20)25-32-34-35-33-25/h2-3,5-6,8-13,15H,4,7,14,16H2,1H3,(H,32,33,34,35). The predicted molar refractivity (Wildman–Crippen MR) is 141 cm³/mol. The lowest BCUT2D eigenvalue weighted by molar-refractivity contribution is -0.135. The van der Waals surface area contributed by atoms with E-state index in [1.54, 1.807) is 12.1 Å². The molecule has 8 nitrogen and oxygen atoms in total. The molecule has 2 aromatic heterocycles. The van der Waals surface area contributed by atoms with Crippen LogP contribution in [-0.2, 0) is 23.8 Å². The van der Waals surface area contributed by atoms with Crippen LogP contribution in [0.3, 0.4) is 0 Å². The molecule has 0 spiro atoms. The summed E-state index contributed by atoms with van der Waals surface area (Å²) in [6.07, 6.45) is -3.96. The maximum absolute atomic E-state index is 13.5. The quantitative estimate of drug-likeness (QED) is 0.293. The van der Waals surface area contributed by atoms with E-state index in [-0.39, 0.29) is 36.2 Å². The molecule has 0 radical (unpaired) electrons. The van der Waals surface area contributed by atoms with E-state index in [1.807, 2.05) is 48.5 Å². The first-order valence-electron chi connectivity index (χ1n) is 12.1. The Bertz CT molecular complexity index is 1700. The van der Waals surface area contributed by atoms with E-state index in [1.165, 1.54) is 16.9 Å². The molecule has 0 saturated carbocycles. The smallest absolute Gasteiger partial charge is 0.292 e. The Kier molecular flexibility index (Phi) is 7.38. The SMILES string of the molecule is CS(=O)c1ccc2nc(CCCC(F)(F)F)n(Cc3ccc(-c4ccccc4-c4nn[nH]n4)cc3)c(=O)c2c1. The van der Waals surface area contributed by atoms with Crippen molar-refractivity contribution in [2.24, 2.45) is 0 Å². The second kappa shape index (κ2) is 10.9. The van der Waals surface area contributed by atoms with Crippen molar-refractivity contribution in [3.05, 3.63) is 88.5 Å². The minimum atomic E-state index is -4.30. The number of nitrogens with one attached hydrogen (secondary N) is 1. The molecule has 5 rings (SSSR count). The Morgan fingerprint density at radius 3 is 2.41 bits per heavy atom. The van der Waals surface area contributed by atoms with Gasteiger partial charge in [-0.1, -0.05) is 48.5 Å². The third kappa shape index (κ3) is 5.95. The molecular formula is C27H23F3N6O2S. The number of rotatable bonds is 8. The summed E-state index contributed by atoms with van der Waals surface area (Å²) in [6, 6.07) is 19.8. The molecule has 12 heteroatoms. The molecule has 0 aliphatic heterocycles. The first-order valence-corrected chi connectivity index (χ1v) is 13.6. The Morgan fingerprint density at radius 1 is 1.00 bits per heavy atom. The van der Waals surface area contributed by atoms with E-state index in [2.05, 4.69) is 25.6 Å².